The third-order valence-corrected chi connectivity index (χ3v) is 6.29. The number of amides is 2. The number of nitrogens with zero attached hydrogens (tertiary/aromatic N) is 1. The molecule has 5 nitrogen and oxygen atoms in total. The molecule has 3 rings (SSSR count). The number of hydrogen-bond acceptors (Lipinski definition) is 3. The minimum absolute atomic E-state index is 0.0599. The fourth-order valence-electron chi connectivity index (χ4n) is 4.53. The Bertz CT molecular complexity index is 783. The normalized spacial score (nSPS) is 19.6. The van der Waals surface area contributed by atoms with Gasteiger partial charge < -0.3 is 10.2 Å². The lowest BCUT2D eigenvalue weighted by Crippen LogP contribution is -2.56. The van der Waals surface area contributed by atoms with E-state index < -0.39 is 6.04 Å². The summed E-state index contributed by atoms with van der Waals surface area (Å²) in [6, 6.07) is 7.19. The van der Waals surface area contributed by atoms with Gasteiger partial charge in [-0.05, 0) is 23.8 Å². The van der Waals surface area contributed by atoms with Gasteiger partial charge in [-0.2, -0.15) is 0 Å². The highest BCUT2D eigenvalue weighted by Gasteiger charge is 2.46. The molecule has 1 aliphatic carbocycles. The Kier molecular flexibility index (Phi) is 5.39. The highest BCUT2D eigenvalue weighted by atomic mass is 16.2. The molecule has 1 fully saturated rings. The average molecular weight is 385 g/mol. The molecule has 1 aliphatic heterocycles. The van der Waals surface area contributed by atoms with Crippen molar-refractivity contribution < 1.29 is 14.4 Å². The summed E-state index contributed by atoms with van der Waals surface area (Å²) in [4.78, 5) is 39.7. The van der Waals surface area contributed by atoms with E-state index in [1.807, 2.05) is 52.8 Å². The number of urea groups is 1. The van der Waals surface area contributed by atoms with Gasteiger partial charge in [-0.3, -0.25) is 9.59 Å². The number of carbonyl (C=O) groups excluding carboxylic acids is 3. The molecule has 0 aromatic heterocycles. The van der Waals surface area contributed by atoms with E-state index in [-0.39, 0.29) is 34.3 Å². The molecule has 1 heterocycles. The fourth-order valence-corrected chi connectivity index (χ4v) is 4.53. The first-order valence-corrected chi connectivity index (χ1v) is 10.3. The summed E-state index contributed by atoms with van der Waals surface area (Å²) >= 11 is 0. The molecule has 0 bridgehead atoms. The van der Waals surface area contributed by atoms with Crippen molar-refractivity contribution in [2.24, 2.45) is 11.3 Å². The topological polar surface area (TPSA) is 66.5 Å². The quantitative estimate of drug-likeness (QED) is 0.858. The lowest BCUT2D eigenvalue weighted by molar-refractivity contribution is -0.126. The third kappa shape index (κ3) is 3.71. The van der Waals surface area contributed by atoms with Gasteiger partial charge in [0.15, 0.2) is 11.6 Å². The van der Waals surface area contributed by atoms with Crippen LogP contribution in [0.15, 0.2) is 24.3 Å². The van der Waals surface area contributed by atoms with E-state index in [0.29, 0.717) is 19.5 Å². The molecule has 1 N–H and O–H groups in total. The van der Waals surface area contributed by atoms with Crippen LogP contribution in [0.4, 0.5) is 4.79 Å². The monoisotopic (exact) mass is 384 g/mol. The molecular formula is C23H32N2O3. The van der Waals surface area contributed by atoms with Crippen LogP contribution in [0.5, 0.6) is 0 Å². The van der Waals surface area contributed by atoms with E-state index in [0.717, 1.165) is 24.0 Å². The van der Waals surface area contributed by atoms with Crippen LogP contribution in [-0.2, 0) is 10.2 Å². The summed E-state index contributed by atoms with van der Waals surface area (Å²) in [6.07, 6.45) is 2.10. The first-order valence-electron chi connectivity index (χ1n) is 10.3. The first kappa shape index (κ1) is 20.6. The Morgan fingerprint density at radius 1 is 1.11 bits per heavy atom. The van der Waals surface area contributed by atoms with Gasteiger partial charge in [0.1, 0.15) is 0 Å². The molecule has 5 heteroatoms. The van der Waals surface area contributed by atoms with Crippen molar-refractivity contribution in [1.82, 2.24) is 10.2 Å². The largest absolute Gasteiger partial charge is 0.328 e. The van der Waals surface area contributed by atoms with Crippen LogP contribution in [0.2, 0.25) is 0 Å². The number of Topliss-reactive ketones (excluding diaryl/α,β-unsaturated/α-hetero) is 2. The van der Waals surface area contributed by atoms with Crippen molar-refractivity contribution >= 4 is 17.6 Å². The molecule has 1 atom stereocenters. The molecule has 2 aliphatic rings. The van der Waals surface area contributed by atoms with E-state index in [2.05, 4.69) is 11.4 Å². The summed E-state index contributed by atoms with van der Waals surface area (Å²) in [5, 5.41) is 2.99. The summed E-state index contributed by atoms with van der Waals surface area (Å²) in [6.45, 7) is 10.9. The van der Waals surface area contributed by atoms with Gasteiger partial charge in [-0.15, -0.1) is 0 Å². The molecular weight excluding hydrogens is 352 g/mol. The number of carbonyl (C=O) groups is 3. The van der Waals surface area contributed by atoms with Crippen LogP contribution in [0.25, 0.3) is 0 Å². The lowest BCUT2D eigenvalue weighted by Gasteiger charge is -2.41. The zero-order chi connectivity index (χ0) is 20.7. The Morgan fingerprint density at radius 3 is 2.29 bits per heavy atom. The molecule has 2 amide bonds. The van der Waals surface area contributed by atoms with E-state index in [9.17, 15) is 14.4 Å². The molecule has 1 unspecified atom stereocenters. The summed E-state index contributed by atoms with van der Waals surface area (Å²) < 4.78 is 0. The maximum atomic E-state index is 12.9. The van der Waals surface area contributed by atoms with Crippen LogP contribution in [-0.4, -0.2) is 41.6 Å². The number of hydrogen-bond donors (Lipinski definition) is 1. The van der Waals surface area contributed by atoms with Crippen LogP contribution >= 0.6 is 0 Å². The second-order valence-electron chi connectivity index (χ2n) is 9.72. The van der Waals surface area contributed by atoms with Crippen LogP contribution in [0.1, 0.15) is 69.8 Å². The van der Waals surface area contributed by atoms with E-state index >= 15 is 0 Å². The van der Waals surface area contributed by atoms with E-state index in [4.69, 9.17) is 0 Å². The zero-order valence-electron chi connectivity index (χ0n) is 17.7. The zero-order valence-corrected chi connectivity index (χ0v) is 17.7. The van der Waals surface area contributed by atoms with Gasteiger partial charge in [0, 0.05) is 36.4 Å². The van der Waals surface area contributed by atoms with Gasteiger partial charge in [-0.25, -0.2) is 4.79 Å². The van der Waals surface area contributed by atoms with Crippen molar-refractivity contribution in [3.05, 3.63) is 35.4 Å². The van der Waals surface area contributed by atoms with Crippen LogP contribution in [0.3, 0.4) is 0 Å². The minimum atomic E-state index is -0.510. The molecule has 0 saturated carbocycles. The Morgan fingerprint density at radius 2 is 1.71 bits per heavy atom. The Balaban J connectivity index is 1.69. The van der Waals surface area contributed by atoms with Crippen molar-refractivity contribution in [3.63, 3.8) is 0 Å². The number of ketones is 2. The molecule has 152 valence electrons. The minimum Gasteiger partial charge on any atom is -0.328 e. The molecule has 1 aromatic rings. The molecule has 1 spiro atoms. The predicted octanol–water partition coefficient (Wildman–Crippen LogP) is 3.96. The maximum Gasteiger partial charge on any atom is 0.317 e. The van der Waals surface area contributed by atoms with Crippen molar-refractivity contribution in [3.8, 4) is 0 Å². The van der Waals surface area contributed by atoms with Gasteiger partial charge >= 0.3 is 6.03 Å². The van der Waals surface area contributed by atoms with Crippen molar-refractivity contribution in [2.45, 2.75) is 65.3 Å². The standard InChI is InChI=1S/C23H32N2O3/c1-15(2)19(27)20(22(3,4)5)24-21(28)25-12-10-23(11-13-25)14-18(26)16-8-6-7-9-17(16)23/h6-9,15,20H,10-14H2,1-5H3,(H,24,28). The maximum absolute atomic E-state index is 12.9. The van der Waals surface area contributed by atoms with Gasteiger partial charge in [0.2, 0.25) is 0 Å². The summed E-state index contributed by atoms with van der Waals surface area (Å²) in [7, 11) is 0. The number of fused-ring (bicyclic) bond motifs is 2. The molecule has 1 aromatic carbocycles. The second kappa shape index (κ2) is 7.34. The molecule has 1 saturated heterocycles. The van der Waals surface area contributed by atoms with Crippen LogP contribution in [0, 0.1) is 11.3 Å². The van der Waals surface area contributed by atoms with Gasteiger partial charge in [0.25, 0.3) is 0 Å². The van der Waals surface area contributed by atoms with Crippen LogP contribution < -0.4 is 5.32 Å². The second-order valence-corrected chi connectivity index (χ2v) is 9.72. The number of benzene rings is 1. The highest BCUT2D eigenvalue weighted by Crippen LogP contribution is 2.46. The number of piperidine rings is 1. The van der Waals surface area contributed by atoms with Gasteiger partial charge in [0.05, 0.1) is 6.04 Å². The SMILES string of the molecule is CC(C)C(=O)C(NC(=O)N1CCC2(CC1)CC(=O)c1ccccc12)C(C)(C)C. The molecule has 28 heavy (non-hydrogen) atoms. The summed E-state index contributed by atoms with van der Waals surface area (Å²) in [5.41, 5.74) is 1.50. The third-order valence-electron chi connectivity index (χ3n) is 6.29. The molecule has 0 radical (unpaired) electrons. The first-order chi connectivity index (χ1) is 13.0. The smallest absolute Gasteiger partial charge is 0.317 e. The van der Waals surface area contributed by atoms with Crippen molar-refractivity contribution in [1.29, 1.82) is 0 Å². The fraction of sp³-hybridized carbons (Fsp3) is 0.609. The summed E-state index contributed by atoms with van der Waals surface area (Å²) in [5.74, 6) is 0.142. The number of likely N-dealkylation sites (tertiary alicyclic amines) is 1. The number of nitrogens with one attached hydrogen (secondary N) is 1. The Labute approximate surface area is 167 Å². The van der Waals surface area contributed by atoms with Gasteiger partial charge in [-0.1, -0.05) is 58.9 Å². The van der Waals surface area contributed by atoms with E-state index in [1.165, 1.54) is 0 Å². The predicted molar refractivity (Wildman–Crippen MR) is 109 cm³/mol. The highest BCUT2D eigenvalue weighted by molar-refractivity contribution is 6.02. The Hall–Kier alpha value is -2.17. The van der Waals surface area contributed by atoms with E-state index in [1.54, 1.807) is 4.90 Å². The van der Waals surface area contributed by atoms with Crippen molar-refractivity contribution in [2.75, 3.05) is 13.1 Å². The average Bonchev–Trinajstić information content (AvgIpc) is 2.91. The number of rotatable bonds is 3. The lowest BCUT2D eigenvalue weighted by atomic mass is 9.74.